The number of alkyl halides is 1. The molecule has 0 heterocycles. The number of nitrogens with one attached hydrogen (secondary N) is 1. The van der Waals surface area contributed by atoms with Gasteiger partial charge in [-0.15, -0.1) is 12.4 Å². The molecule has 0 aliphatic carbocycles. The number of carboxylic acid groups (broad SMARTS) is 1. The topological polar surface area (TPSA) is 128 Å². The third-order valence-corrected chi connectivity index (χ3v) is 2.91. The first kappa shape index (κ1) is 30.1. The number of alkyl carbamates (subject to hydrolysis) is 1. The number of hydrogen-bond acceptors (Lipinski definition) is 6. The standard InChI is InChI=1S/C9H19NO2.C8H14FNO4.ClH/c1-6(2)7(10)8(11)12-9(3,4)5;1-5(2)6(7(11)12)10-8(13)14-4-3-9;/h6-7H,10H2,1-5H3;5-6H,3-4H2,1-2H3,(H,10,13)(H,11,12);1H/t7-;6-;/m00./s1. The van der Waals surface area contributed by atoms with Gasteiger partial charge in [0.05, 0.1) is 0 Å². The van der Waals surface area contributed by atoms with Crippen LogP contribution in [0.25, 0.3) is 0 Å². The highest BCUT2D eigenvalue weighted by molar-refractivity contribution is 5.85. The molecule has 10 heteroatoms. The van der Waals surface area contributed by atoms with Gasteiger partial charge in [-0.05, 0) is 32.6 Å². The molecular weight excluding hydrogens is 383 g/mol. The fourth-order valence-electron chi connectivity index (χ4n) is 1.46. The van der Waals surface area contributed by atoms with Crippen LogP contribution in [0.4, 0.5) is 9.18 Å². The molecule has 0 aliphatic rings. The van der Waals surface area contributed by atoms with Gasteiger partial charge in [0.1, 0.15) is 31.0 Å². The van der Waals surface area contributed by atoms with Crippen LogP contribution in [-0.2, 0) is 19.1 Å². The third-order valence-electron chi connectivity index (χ3n) is 2.91. The number of nitrogens with two attached hydrogens (primary N) is 1. The highest BCUT2D eigenvalue weighted by Gasteiger charge is 2.24. The molecule has 0 radical (unpaired) electrons. The Labute approximate surface area is 166 Å². The first-order valence-electron chi connectivity index (χ1n) is 8.43. The van der Waals surface area contributed by atoms with Crippen LogP contribution >= 0.6 is 12.4 Å². The van der Waals surface area contributed by atoms with E-state index in [9.17, 15) is 18.8 Å². The number of carbonyl (C=O) groups excluding carboxylic acids is 2. The molecule has 0 unspecified atom stereocenters. The maximum absolute atomic E-state index is 11.6. The van der Waals surface area contributed by atoms with E-state index in [2.05, 4.69) is 10.1 Å². The Morgan fingerprint density at radius 1 is 1.11 bits per heavy atom. The molecule has 27 heavy (non-hydrogen) atoms. The molecule has 0 aromatic carbocycles. The Bertz CT molecular complexity index is 455. The van der Waals surface area contributed by atoms with Gasteiger partial charge in [0, 0.05) is 0 Å². The number of amides is 1. The van der Waals surface area contributed by atoms with Gasteiger partial charge in [-0.25, -0.2) is 14.0 Å². The zero-order valence-corrected chi connectivity index (χ0v) is 17.9. The van der Waals surface area contributed by atoms with Crippen molar-refractivity contribution in [3.8, 4) is 0 Å². The van der Waals surface area contributed by atoms with E-state index in [1.165, 1.54) is 0 Å². The van der Waals surface area contributed by atoms with E-state index in [-0.39, 0.29) is 36.8 Å². The molecule has 0 spiro atoms. The quantitative estimate of drug-likeness (QED) is 0.544. The summed E-state index contributed by atoms with van der Waals surface area (Å²) in [5.74, 6) is -1.60. The molecule has 162 valence electrons. The van der Waals surface area contributed by atoms with Crippen molar-refractivity contribution in [1.82, 2.24) is 5.32 Å². The van der Waals surface area contributed by atoms with Gasteiger partial charge in [0.15, 0.2) is 0 Å². The van der Waals surface area contributed by atoms with Crippen molar-refractivity contribution in [2.45, 2.75) is 66.2 Å². The Hall–Kier alpha value is -1.61. The SMILES string of the molecule is CC(C)[C@H](N)C(=O)OC(C)(C)C.CC(C)[C@H](NC(=O)OCCF)C(=O)O.Cl. The summed E-state index contributed by atoms with van der Waals surface area (Å²) in [4.78, 5) is 32.7. The summed E-state index contributed by atoms with van der Waals surface area (Å²) < 4.78 is 21.0. The number of halogens is 2. The van der Waals surface area contributed by atoms with Crippen molar-refractivity contribution in [2.24, 2.45) is 17.6 Å². The minimum Gasteiger partial charge on any atom is -0.480 e. The summed E-state index contributed by atoms with van der Waals surface area (Å²) in [6.45, 7) is 11.4. The van der Waals surface area contributed by atoms with Crippen molar-refractivity contribution in [1.29, 1.82) is 0 Å². The van der Waals surface area contributed by atoms with Crippen molar-refractivity contribution in [3.63, 3.8) is 0 Å². The lowest BCUT2D eigenvalue weighted by molar-refractivity contribution is -0.157. The zero-order valence-electron chi connectivity index (χ0n) is 17.1. The van der Waals surface area contributed by atoms with Crippen LogP contribution < -0.4 is 11.1 Å². The van der Waals surface area contributed by atoms with E-state index in [1.54, 1.807) is 13.8 Å². The average Bonchev–Trinajstić information content (AvgIpc) is 2.47. The molecule has 0 rings (SSSR count). The molecule has 0 saturated heterocycles. The molecule has 2 atom stereocenters. The van der Waals surface area contributed by atoms with Crippen LogP contribution in [0.15, 0.2) is 0 Å². The Morgan fingerprint density at radius 2 is 1.59 bits per heavy atom. The van der Waals surface area contributed by atoms with Crippen LogP contribution in [-0.4, -0.2) is 54.1 Å². The predicted octanol–water partition coefficient (Wildman–Crippen LogP) is 2.52. The number of hydrogen-bond donors (Lipinski definition) is 3. The lowest BCUT2D eigenvalue weighted by Gasteiger charge is -2.23. The molecule has 0 aromatic heterocycles. The maximum Gasteiger partial charge on any atom is 0.407 e. The van der Waals surface area contributed by atoms with E-state index in [1.807, 2.05) is 34.6 Å². The Balaban J connectivity index is -0.000000416. The van der Waals surface area contributed by atoms with Crippen LogP contribution in [0, 0.1) is 11.8 Å². The fraction of sp³-hybridized carbons (Fsp3) is 0.824. The second kappa shape index (κ2) is 14.4. The van der Waals surface area contributed by atoms with E-state index >= 15 is 0 Å². The van der Waals surface area contributed by atoms with E-state index in [0.717, 1.165) is 0 Å². The summed E-state index contributed by atoms with van der Waals surface area (Å²) in [6, 6.07) is -1.52. The minimum absolute atomic E-state index is 0. The molecule has 0 fully saturated rings. The van der Waals surface area contributed by atoms with Crippen LogP contribution in [0.3, 0.4) is 0 Å². The molecule has 0 bridgehead atoms. The fourth-order valence-corrected chi connectivity index (χ4v) is 1.46. The van der Waals surface area contributed by atoms with Crippen molar-refractivity contribution >= 4 is 30.4 Å². The second-order valence-electron chi connectivity index (χ2n) is 7.33. The predicted molar refractivity (Wildman–Crippen MR) is 103 cm³/mol. The Kier molecular flexibility index (Phi) is 16.1. The highest BCUT2D eigenvalue weighted by atomic mass is 35.5. The number of esters is 1. The maximum atomic E-state index is 11.6. The van der Waals surface area contributed by atoms with Crippen molar-refractivity contribution in [2.75, 3.05) is 13.3 Å². The number of carboxylic acids is 1. The van der Waals surface area contributed by atoms with Gasteiger partial charge in [-0.3, -0.25) is 4.79 Å². The monoisotopic (exact) mass is 416 g/mol. The van der Waals surface area contributed by atoms with Gasteiger partial charge in [0.25, 0.3) is 0 Å². The lowest BCUT2D eigenvalue weighted by Crippen LogP contribution is -2.44. The van der Waals surface area contributed by atoms with E-state index < -0.39 is 36.4 Å². The minimum atomic E-state index is -1.14. The van der Waals surface area contributed by atoms with Crippen LogP contribution in [0.2, 0.25) is 0 Å². The zero-order chi connectivity index (χ0) is 21.1. The Morgan fingerprint density at radius 3 is 1.89 bits per heavy atom. The van der Waals surface area contributed by atoms with Crippen molar-refractivity contribution < 1.29 is 33.4 Å². The highest BCUT2D eigenvalue weighted by Crippen LogP contribution is 2.10. The molecule has 1 amide bonds. The van der Waals surface area contributed by atoms with Gasteiger partial charge < -0.3 is 25.6 Å². The number of carbonyl (C=O) groups is 3. The number of aliphatic carboxylic acids is 1. The molecule has 0 aliphatic heterocycles. The van der Waals surface area contributed by atoms with Crippen molar-refractivity contribution in [3.05, 3.63) is 0 Å². The van der Waals surface area contributed by atoms with Crippen LogP contribution in [0.1, 0.15) is 48.5 Å². The van der Waals surface area contributed by atoms with Gasteiger partial charge >= 0.3 is 18.0 Å². The van der Waals surface area contributed by atoms with E-state index in [4.69, 9.17) is 15.6 Å². The first-order valence-corrected chi connectivity index (χ1v) is 8.43. The summed E-state index contributed by atoms with van der Waals surface area (Å²) in [5, 5.41) is 10.8. The smallest absolute Gasteiger partial charge is 0.407 e. The lowest BCUT2D eigenvalue weighted by atomic mass is 10.1. The largest absolute Gasteiger partial charge is 0.480 e. The van der Waals surface area contributed by atoms with Gasteiger partial charge in [-0.2, -0.15) is 0 Å². The summed E-state index contributed by atoms with van der Waals surface area (Å²) in [5.41, 5.74) is 5.15. The van der Waals surface area contributed by atoms with Gasteiger partial charge in [-0.1, -0.05) is 27.7 Å². The molecule has 0 aromatic rings. The molecule has 8 nitrogen and oxygen atoms in total. The average molecular weight is 417 g/mol. The number of ether oxygens (including phenoxy) is 2. The molecule has 4 N–H and O–H groups in total. The summed E-state index contributed by atoms with van der Waals surface area (Å²) in [6.07, 6.45) is -0.913. The first-order chi connectivity index (χ1) is 11.7. The third kappa shape index (κ3) is 16.3. The van der Waals surface area contributed by atoms with E-state index in [0.29, 0.717) is 0 Å². The second-order valence-corrected chi connectivity index (χ2v) is 7.33. The molecule has 0 saturated carbocycles. The summed E-state index contributed by atoms with van der Waals surface area (Å²) >= 11 is 0. The van der Waals surface area contributed by atoms with Gasteiger partial charge in [0.2, 0.25) is 0 Å². The molecular formula is C17H34ClFN2O6. The number of rotatable bonds is 7. The normalized spacial score (nSPS) is 12.9. The van der Waals surface area contributed by atoms with Crippen LogP contribution in [0.5, 0.6) is 0 Å². The summed E-state index contributed by atoms with van der Waals surface area (Å²) in [7, 11) is 0.